The van der Waals surface area contributed by atoms with Crippen molar-refractivity contribution in [3.63, 3.8) is 0 Å². The molecule has 0 saturated carbocycles. The molecule has 1 rings (SSSR count). The van der Waals surface area contributed by atoms with E-state index in [1.54, 1.807) is 0 Å². The molecule has 18 heavy (non-hydrogen) atoms. The summed E-state index contributed by atoms with van der Waals surface area (Å²) in [6.07, 6.45) is 5.35. The number of hydrogen-bond donors (Lipinski definition) is 1. The molecule has 0 bridgehead atoms. The number of nitrogens with two attached hydrogens (primary N) is 1. The third-order valence-electron chi connectivity index (χ3n) is 4.36. The average molecular weight is 254 g/mol. The van der Waals surface area contributed by atoms with E-state index in [1.807, 2.05) is 0 Å². The van der Waals surface area contributed by atoms with Crippen molar-refractivity contribution in [3.8, 4) is 0 Å². The summed E-state index contributed by atoms with van der Waals surface area (Å²) in [5.41, 5.74) is 6.04. The van der Waals surface area contributed by atoms with Crippen LogP contribution in [0.5, 0.6) is 0 Å². The Morgan fingerprint density at radius 2 is 1.67 bits per heavy atom. The molecule has 0 aliphatic carbocycles. The fourth-order valence-electron chi connectivity index (χ4n) is 3.56. The summed E-state index contributed by atoms with van der Waals surface area (Å²) in [6.45, 7) is 13.8. The lowest BCUT2D eigenvalue weighted by atomic mass is 9.86. The molecule has 1 aliphatic heterocycles. The van der Waals surface area contributed by atoms with Crippen LogP contribution in [0, 0.1) is 17.8 Å². The first-order valence-corrected chi connectivity index (χ1v) is 7.91. The van der Waals surface area contributed by atoms with Crippen molar-refractivity contribution >= 4 is 0 Å². The minimum atomic E-state index is 0.612. The zero-order valence-electron chi connectivity index (χ0n) is 13.2. The Hall–Kier alpha value is -0.0800. The Morgan fingerprint density at radius 1 is 1.11 bits per heavy atom. The maximum atomic E-state index is 6.04. The smallest absolute Gasteiger partial charge is 0.0246 e. The second-order valence-corrected chi connectivity index (χ2v) is 7.07. The highest BCUT2D eigenvalue weighted by molar-refractivity contribution is 4.88. The first-order chi connectivity index (χ1) is 8.45. The second kappa shape index (κ2) is 7.49. The van der Waals surface area contributed by atoms with Crippen LogP contribution in [0.4, 0.5) is 0 Å². The van der Waals surface area contributed by atoms with Gasteiger partial charge in [-0.15, -0.1) is 0 Å². The monoisotopic (exact) mass is 254 g/mol. The number of rotatable bonds is 6. The van der Waals surface area contributed by atoms with Crippen LogP contribution in [0.3, 0.4) is 0 Å². The molecular formula is C16H34N2. The summed E-state index contributed by atoms with van der Waals surface area (Å²) in [7, 11) is 0. The molecule has 0 spiro atoms. The van der Waals surface area contributed by atoms with E-state index in [0.717, 1.165) is 30.3 Å². The lowest BCUT2D eigenvalue weighted by molar-refractivity contribution is 0.0433. The lowest BCUT2D eigenvalue weighted by Gasteiger charge is -2.45. The lowest BCUT2D eigenvalue weighted by Crippen LogP contribution is -2.53. The minimum Gasteiger partial charge on any atom is -0.329 e. The summed E-state index contributed by atoms with van der Waals surface area (Å²) in [6, 6.07) is 1.35. The zero-order chi connectivity index (χ0) is 13.7. The third-order valence-corrected chi connectivity index (χ3v) is 4.36. The van der Waals surface area contributed by atoms with E-state index >= 15 is 0 Å². The van der Waals surface area contributed by atoms with Crippen LogP contribution in [0.2, 0.25) is 0 Å². The van der Waals surface area contributed by atoms with Crippen molar-refractivity contribution in [2.75, 3.05) is 13.1 Å². The van der Waals surface area contributed by atoms with Crippen LogP contribution in [0.25, 0.3) is 0 Å². The summed E-state index contributed by atoms with van der Waals surface area (Å²) < 4.78 is 0. The molecule has 0 amide bonds. The molecule has 108 valence electrons. The molecule has 1 aliphatic rings. The summed E-state index contributed by atoms with van der Waals surface area (Å²) in [5, 5.41) is 0. The van der Waals surface area contributed by atoms with Gasteiger partial charge in [-0.3, -0.25) is 4.90 Å². The Bertz CT molecular complexity index is 215. The predicted octanol–water partition coefficient (Wildman–Crippen LogP) is 3.51. The van der Waals surface area contributed by atoms with Crippen molar-refractivity contribution in [2.45, 2.75) is 72.4 Å². The maximum absolute atomic E-state index is 6.04. The van der Waals surface area contributed by atoms with Gasteiger partial charge in [-0.25, -0.2) is 0 Å². The average Bonchev–Trinajstić information content (AvgIpc) is 2.26. The Labute approximate surface area is 114 Å². The summed E-state index contributed by atoms with van der Waals surface area (Å²) >= 11 is 0. The Morgan fingerprint density at radius 3 is 2.11 bits per heavy atom. The Kier molecular flexibility index (Phi) is 6.65. The molecule has 2 nitrogen and oxygen atoms in total. The van der Waals surface area contributed by atoms with Gasteiger partial charge in [0.15, 0.2) is 0 Å². The Balaban J connectivity index is 2.74. The molecule has 2 unspecified atom stereocenters. The van der Waals surface area contributed by atoms with Gasteiger partial charge in [0.2, 0.25) is 0 Å². The van der Waals surface area contributed by atoms with Crippen molar-refractivity contribution in [1.29, 1.82) is 0 Å². The molecule has 1 saturated heterocycles. The summed E-state index contributed by atoms with van der Waals surface area (Å²) in [4.78, 5) is 2.74. The SMILES string of the molecule is CC(C)CC(CC(C)C)N1CCCC(C)C1CN. The van der Waals surface area contributed by atoms with Crippen molar-refractivity contribution in [1.82, 2.24) is 4.90 Å². The van der Waals surface area contributed by atoms with Crippen LogP contribution in [0.1, 0.15) is 60.3 Å². The van der Waals surface area contributed by atoms with Gasteiger partial charge in [-0.05, 0) is 50.0 Å². The highest BCUT2D eigenvalue weighted by Gasteiger charge is 2.32. The number of likely N-dealkylation sites (tertiary alicyclic amines) is 1. The first-order valence-electron chi connectivity index (χ1n) is 7.91. The van der Waals surface area contributed by atoms with Gasteiger partial charge in [-0.1, -0.05) is 34.6 Å². The van der Waals surface area contributed by atoms with Crippen LogP contribution in [-0.4, -0.2) is 30.1 Å². The van der Waals surface area contributed by atoms with Gasteiger partial charge < -0.3 is 5.73 Å². The number of piperidine rings is 1. The highest BCUT2D eigenvalue weighted by atomic mass is 15.2. The standard InChI is InChI=1S/C16H34N2/c1-12(2)9-15(10-13(3)4)18-8-6-7-14(5)16(18)11-17/h12-16H,6-11,17H2,1-5H3. The third kappa shape index (κ3) is 4.55. The second-order valence-electron chi connectivity index (χ2n) is 7.07. The van der Waals surface area contributed by atoms with E-state index in [-0.39, 0.29) is 0 Å². The molecule has 1 heterocycles. The van der Waals surface area contributed by atoms with E-state index in [0.29, 0.717) is 6.04 Å². The highest BCUT2D eigenvalue weighted by Crippen LogP contribution is 2.29. The predicted molar refractivity (Wildman–Crippen MR) is 80.6 cm³/mol. The van der Waals surface area contributed by atoms with Gasteiger partial charge >= 0.3 is 0 Å². The van der Waals surface area contributed by atoms with Crippen molar-refractivity contribution < 1.29 is 0 Å². The maximum Gasteiger partial charge on any atom is 0.0246 e. The van der Waals surface area contributed by atoms with Crippen molar-refractivity contribution in [3.05, 3.63) is 0 Å². The molecule has 2 heteroatoms. The van der Waals surface area contributed by atoms with Gasteiger partial charge in [0, 0.05) is 18.6 Å². The quantitative estimate of drug-likeness (QED) is 0.786. The topological polar surface area (TPSA) is 29.3 Å². The number of nitrogens with zero attached hydrogens (tertiary/aromatic N) is 1. The van der Waals surface area contributed by atoms with Gasteiger partial charge in [0.1, 0.15) is 0 Å². The van der Waals surface area contributed by atoms with Gasteiger partial charge in [0.25, 0.3) is 0 Å². The molecule has 1 fully saturated rings. The van der Waals surface area contributed by atoms with Crippen LogP contribution in [-0.2, 0) is 0 Å². The molecule has 0 aromatic heterocycles. The molecular weight excluding hydrogens is 220 g/mol. The zero-order valence-corrected chi connectivity index (χ0v) is 13.2. The van der Waals surface area contributed by atoms with Crippen LogP contribution >= 0.6 is 0 Å². The first kappa shape index (κ1) is 16.0. The number of hydrogen-bond acceptors (Lipinski definition) is 2. The largest absolute Gasteiger partial charge is 0.329 e. The van der Waals surface area contributed by atoms with E-state index in [1.165, 1.54) is 32.2 Å². The van der Waals surface area contributed by atoms with E-state index in [4.69, 9.17) is 5.73 Å². The molecule has 2 N–H and O–H groups in total. The molecule has 2 atom stereocenters. The van der Waals surface area contributed by atoms with Gasteiger partial charge in [-0.2, -0.15) is 0 Å². The molecule has 0 aromatic rings. The van der Waals surface area contributed by atoms with Crippen molar-refractivity contribution in [2.24, 2.45) is 23.5 Å². The molecule has 0 aromatic carbocycles. The van der Waals surface area contributed by atoms with Crippen LogP contribution < -0.4 is 5.73 Å². The summed E-state index contributed by atoms with van der Waals surface area (Å²) in [5.74, 6) is 2.33. The fourth-order valence-corrected chi connectivity index (χ4v) is 3.56. The van der Waals surface area contributed by atoms with Crippen LogP contribution in [0.15, 0.2) is 0 Å². The fraction of sp³-hybridized carbons (Fsp3) is 1.00. The van der Waals surface area contributed by atoms with E-state index < -0.39 is 0 Å². The minimum absolute atomic E-state index is 0.612. The van der Waals surface area contributed by atoms with E-state index in [2.05, 4.69) is 39.5 Å². The molecule has 0 radical (unpaired) electrons. The van der Waals surface area contributed by atoms with E-state index in [9.17, 15) is 0 Å². The van der Waals surface area contributed by atoms with Gasteiger partial charge in [0.05, 0.1) is 0 Å². The normalized spacial score (nSPS) is 26.5.